The molecule has 1 saturated heterocycles. The van der Waals surface area contributed by atoms with Crippen molar-refractivity contribution < 1.29 is 13.2 Å². The largest absolute Gasteiger partial charge is 0.379 e. The highest BCUT2D eigenvalue weighted by molar-refractivity contribution is 7.89. The number of H-pyrrole nitrogens is 1. The lowest BCUT2D eigenvalue weighted by Crippen LogP contribution is -2.36. The van der Waals surface area contributed by atoms with Crippen LogP contribution in [0.4, 0.5) is 0 Å². The summed E-state index contributed by atoms with van der Waals surface area (Å²) in [4.78, 5) is 24.1. The number of aromatic nitrogens is 2. The molecule has 2 heterocycles. The summed E-state index contributed by atoms with van der Waals surface area (Å²) in [5.41, 5.74) is -1.68. The van der Waals surface area contributed by atoms with Gasteiger partial charge in [-0.05, 0) is 6.42 Å². The number of sulfonamides is 1. The van der Waals surface area contributed by atoms with E-state index in [1.54, 1.807) is 0 Å². The zero-order valence-electron chi connectivity index (χ0n) is 8.75. The second-order valence-electron chi connectivity index (χ2n) is 3.72. The van der Waals surface area contributed by atoms with Crippen molar-refractivity contribution in [2.24, 2.45) is 5.14 Å². The van der Waals surface area contributed by atoms with Gasteiger partial charge in [0.2, 0.25) is 10.0 Å². The fourth-order valence-corrected chi connectivity index (χ4v) is 2.25. The molecular weight excluding hydrogens is 250 g/mol. The van der Waals surface area contributed by atoms with Crippen LogP contribution >= 0.6 is 0 Å². The van der Waals surface area contributed by atoms with Gasteiger partial charge in [-0.25, -0.2) is 18.4 Å². The number of ether oxygens (including phenoxy) is 1. The number of aromatic amines is 1. The minimum Gasteiger partial charge on any atom is -0.379 e. The molecular formula is C8H11N3O5S. The molecule has 0 aliphatic carbocycles. The molecule has 1 fully saturated rings. The zero-order chi connectivity index (χ0) is 12.6. The Labute approximate surface area is 96.1 Å². The van der Waals surface area contributed by atoms with E-state index in [9.17, 15) is 18.0 Å². The van der Waals surface area contributed by atoms with Crippen molar-refractivity contribution in [1.29, 1.82) is 0 Å². The van der Waals surface area contributed by atoms with Gasteiger partial charge in [0.05, 0.1) is 12.6 Å². The molecule has 0 bridgehead atoms. The number of nitrogens with one attached hydrogen (secondary N) is 1. The van der Waals surface area contributed by atoms with E-state index in [2.05, 4.69) is 0 Å². The van der Waals surface area contributed by atoms with Gasteiger partial charge < -0.3 is 4.74 Å². The quantitative estimate of drug-likeness (QED) is 0.646. The molecule has 2 rings (SSSR count). The van der Waals surface area contributed by atoms with E-state index < -0.39 is 26.2 Å². The van der Waals surface area contributed by atoms with E-state index in [0.717, 1.165) is 10.8 Å². The third kappa shape index (κ3) is 2.30. The number of nitrogens with zero attached hydrogens (tertiary/aromatic N) is 1. The summed E-state index contributed by atoms with van der Waals surface area (Å²) in [6, 6.07) is -0.278. The molecule has 0 spiro atoms. The third-order valence-corrected chi connectivity index (χ3v) is 3.44. The van der Waals surface area contributed by atoms with Gasteiger partial charge in [-0.1, -0.05) is 0 Å². The van der Waals surface area contributed by atoms with Crippen LogP contribution in [0, 0.1) is 0 Å². The molecule has 0 saturated carbocycles. The molecule has 3 N–H and O–H groups in total. The molecule has 1 aliphatic rings. The first kappa shape index (κ1) is 12.0. The topological polar surface area (TPSA) is 124 Å². The Hall–Kier alpha value is -1.45. The molecule has 0 amide bonds. The van der Waals surface area contributed by atoms with Gasteiger partial charge in [0, 0.05) is 12.8 Å². The van der Waals surface area contributed by atoms with Crippen molar-refractivity contribution in [3.63, 3.8) is 0 Å². The van der Waals surface area contributed by atoms with Crippen molar-refractivity contribution in [2.45, 2.75) is 17.4 Å². The summed E-state index contributed by atoms with van der Waals surface area (Å²) in [5.74, 6) is 0. The fourth-order valence-electron chi connectivity index (χ4n) is 1.68. The predicted octanol–water partition coefficient (Wildman–Crippen LogP) is -1.85. The van der Waals surface area contributed by atoms with E-state index >= 15 is 0 Å². The highest BCUT2D eigenvalue weighted by Gasteiger charge is 2.22. The third-order valence-electron chi connectivity index (χ3n) is 2.54. The van der Waals surface area contributed by atoms with Crippen molar-refractivity contribution in [3.8, 4) is 0 Å². The Morgan fingerprint density at radius 2 is 2.18 bits per heavy atom. The maximum absolute atomic E-state index is 11.5. The van der Waals surface area contributed by atoms with Gasteiger partial charge in [-0.15, -0.1) is 0 Å². The predicted molar refractivity (Wildman–Crippen MR) is 57.2 cm³/mol. The van der Waals surface area contributed by atoms with Crippen LogP contribution in [0.1, 0.15) is 12.5 Å². The Kier molecular flexibility index (Phi) is 2.89. The summed E-state index contributed by atoms with van der Waals surface area (Å²) in [5, 5.41) is 4.88. The van der Waals surface area contributed by atoms with E-state index in [0.29, 0.717) is 19.6 Å². The monoisotopic (exact) mass is 261 g/mol. The molecule has 1 atom stereocenters. The lowest BCUT2D eigenvalue weighted by molar-refractivity contribution is 0.185. The molecule has 0 aromatic carbocycles. The van der Waals surface area contributed by atoms with Gasteiger partial charge in [0.25, 0.3) is 5.56 Å². The number of rotatable bonds is 2. The molecule has 8 nitrogen and oxygen atoms in total. The Morgan fingerprint density at radius 1 is 1.47 bits per heavy atom. The van der Waals surface area contributed by atoms with Crippen LogP contribution in [0.2, 0.25) is 0 Å². The molecule has 0 radical (unpaired) electrons. The summed E-state index contributed by atoms with van der Waals surface area (Å²) >= 11 is 0. The highest BCUT2D eigenvalue weighted by atomic mass is 32.2. The SMILES string of the molecule is NS(=O)(=O)c1cn(C2CCOC2)c(=O)[nH]c1=O. The second kappa shape index (κ2) is 4.09. The van der Waals surface area contributed by atoms with E-state index in [1.807, 2.05) is 4.98 Å². The van der Waals surface area contributed by atoms with Crippen LogP contribution in [0.25, 0.3) is 0 Å². The maximum Gasteiger partial charge on any atom is 0.328 e. The maximum atomic E-state index is 11.5. The van der Waals surface area contributed by atoms with Crippen LogP contribution in [-0.4, -0.2) is 31.2 Å². The van der Waals surface area contributed by atoms with Gasteiger partial charge in [-0.3, -0.25) is 14.3 Å². The van der Waals surface area contributed by atoms with Crippen molar-refractivity contribution in [3.05, 3.63) is 27.0 Å². The first-order valence-electron chi connectivity index (χ1n) is 4.85. The summed E-state index contributed by atoms with van der Waals surface area (Å²) in [7, 11) is -4.15. The lowest BCUT2D eigenvalue weighted by atomic mass is 10.2. The van der Waals surface area contributed by atoms with E-state index in [-0.39, 0.29) is 6.04 Å². The van der Waals surface area contributed by atoms with Gasteiger partial charge >= 0.3 is 5.69 Å². The summed E-state index contributed by atoms with van der Waals surface area (Å²) < 4.78 is 28.5. The molecule has 1 unspecified atom stereocenters. The van der Waals surface area contributed by atoms with Gasteiger partial charge in [-0.2, -0.15) is 0 Å². The Bertz CT molecular complexity index is 638. The lowest BCUT2D eigenvalue weighted by Gasteiger charge is -2.11. The van der Waals surface area contributed by atoms with Crippen molar-refractivity contribution in [1.82, 2.24) is 9.55 Å². The first-order chi connectivity index (χ1) is 7.89. The standard InChI is InChI=1S/C8H11N3O5S/c9-17(14,15)6-3-11(5-1-2-16-4-5)8(13)10-7(6)12/h3,5H,1-2,4H2,(H2,9,14,15)(H,10,12,13). The minimum absolute atomic E-state index is 0.278. The van der Waals surface area contributed by atoms with Gasteiger partial charge in [0.1, 0.15) is 0 Å². The van der Waals surface area contributed by atoms with Crippen molar-refractivity contribution >= 4 is 10.0 Å². The first-order valence-corrected chi connectivity index (χ1v) is 6.40. The summed E-state index contributed by atoms with van der Waals surface area (Å²) in [6.45, 7) is 0.789. The molecule has 1 aliphatic heterocycles. The number of hydrogen-bond donors (Lipinski definition) is 2. The average Bonchev–Trinajstić information content (AvgIpc) is 2.68. The van der Waals surface area contributed by atoms with E-state index in [4.69, 9.17) is 9.88 Å². The van der Waals surface area contributed by atoms with Crippen LogP contribution < -0.4 is 16.4 Å². The summed E-state index contributed by atoms with van der Waals surface area (Å²) in [6.07, 6.45) is 1.55. The Balaban J connectivity index is 2.61. The number of nitrogens with two attached hydrogens (primary N) is 1. The molecule has 1 aromatic heterocycles. The molecule has 9 heteroatoms. The van der Waals surface area contributed by atoms with Crippen molar-refractivity contribution in [2.75, 3.05) is 13.2 Å². The average molecular weight is 261 g/mol. The van der Waals surface area contributed by atoms with Crippen LogP contribution in [-0.2, 0) is 14.8 Å². The van der Waals surface area contributed by atoms with E-state index in [1.165, 1.54) is 0 Å². The van der Waals surface area contributed by atoms with Crippen LogP contribution in [0.15, 0.2) is 20.7 Å². The highest BCUT2D eigenvalue weighted by Crippen LogP contribution is 2.16. The molecule has 17 heavy (non-hydrogen) atoms. The van der Waals surface area contributed by atoms with Gasteiger partial charge in [0.15, 0.2) is 4.90 Å². The van der Waals surface area contributed by atoms with Crippen LogP contribution in [0.3, 0.4) is 0 Å². The molecule has 94 valence electrons. The number of hydrogen-bond acceptors (Lipinski definition) is 5. The minimum atomic E-state index is -4.15. The molecule has 1 aromatic rings. The number of primary sulfonamides is 1. The fraction of sp³-hybridized carbons (Fsp3) is 0.500. The van der Waals surface area contributed by atoms with Crippen LogP contribution in [0.5, 0.6) is 0 Å². The smallest absolute Gasteiger partial charge is 0.328 e. The normalized spacial score (nSPS) is 20.6. The zero-order valence-corrected chi connectivity index (χ0v) is 9.57. The second-order valence-corrected chi connectivity index (χ2v) is 5.25. The Morgan fingerprint density at radius 3 is 2.71 bits per heavy atom.